The second-order valence-electron chi connectivity index (χ2n) is 6.68. The first kappa shape index (κ1) is 13.2. The van der Waals surface area contributed by atoms with E-state index in [9.17, 15) is 0 Å². The van der Waals surface area contributed by atoms with Gasteiger partial charge < -0.3 is 0 Å². The molecule has 0 bridgehead atoms. The molecule has 0 heteroatoms. The molecule has 0 spiro atoms. The average molecular weight is 255 g/mol. The summed E-state index contributed by atoms with van der Waals surface area (Å²) in [5, 5.41) is 0. The highest BCUT2D eigenvalue weighted by Gasteiger charge is 2.28. The Morgan fingerprint density at radius 3 is 1.79 bits per heavy atom. The molecule has 3 rings (SSSR count). The zero-order valence-electron chi connectivity index (χ0n) is 12.4. The molecule has 0 atom stereocenters. The Balaban J connectivity index is 1.88. The second-order valence-corrected chi connectivity index (χ2v) is 6.68. The summed E-state index contributed by atoms with van der Waals surface area (Å²) in [6.07, 6.45) is 22.7. The van der Waals surface area contributed by atoms with E-state index in [0.717, 1.165) is 11.8 Å². The summed E-state index contributed by atoms with van der Waals surface area (Å²) in [4.78, 5) is 0. The van der Waals surface area contributed by atoms with Gasteiger partial charge in [-0.1, -0.05) is 56.3 Å². The summed E-state index contributed by atoms with van der Waals surface area (Å²) < 4.78 is 0. The summed E-state index contributed by atoms with van der Waals surface area (Å²) in [6, 6.07) is 0. The van der Waals surface area contributed by atoms with Crippen LogP contribution in [0.15, 0.2) is 28.9 Å². The molecule has 0 aliphatic heterocycles. The molecule has 19 heavy (non-hydrogen) atoms. The van der Waals surface area contributed by atoms with Crippen LogP contribution in [0.25, 0.3) is 0 Å². The van der Waals surface area contributed by atoms with Gasteiger partial charge in [0.2, 0.25) is 0 Å². The van der Waals surface area contributed by atoms with Crippen molar-refractivity contribution in [3.63, 3.8) is 0 Å². The maximum absolute atomic E-state index is 3.63. The van der Waals surface area contributed by atoms with E-state index >= 15 is 0 Å². The molecule has 3 aliphatic carbocycles. The molecular formula is C19H27. The summed E-state index contributed by atoms with van der Waals surface area (Å²) in [5.74, 6) is 1.74. The van der Waals surface area contributed by atoms with Gasteiger partial charge in [0, 0.05) is 0 Å². The van der Waals surface area contributed by atoms with E-state index in [1.807, 2.05) is 0 Å². The van der Waals surface area contributed by atoms with Crippen LogP contribution in [0, 0.1) is 17.9 Å². The van der Waals surface area contributed by atoms with Crippen molar-refractivity contribution in [2.45, 2.75) is 71.1 Å². The van der Waals surface area contributed by atoms with Gasteiger partial charge in [0.1, 0.15) is 0 Å². The van der Waals surface area contributed by atoms with Gasteiger partial charge in [-0.15, -0.1) is 0 Å². The molecule has 0 N–H and O–H groups in total. The quantitative estimate of drug-likeness (QED) is 0.588. The van der Waals surface area contributed by atoms with Crippen LogP contribution in [0.4, 0.5) is 0 Å². The van der Waals surface area contributed by atoms with Gasteiger partial charge in [-0.25, -0.2) is 0 Å². The highest BCUT2D eigenvalue weighted by molar-refractivity contribution is 5.45. The largest absolute Gasteiger partial charge is 0.0581 e. The van der Waals surface area contributed by atoms with E-state index in [-0.39, 0.29) is 0 Å². The minimum atomic E-state index is 0.870. The van der Waals surface area contributed by atoms with E-state index in [1.165, 1.54) is 75.4 Å². The lowest BCUT2D eigenvalue weighted by atomic mass is 9.72. The molecular weight excluding hydrogens is 228 g/mol. The molecule has 0 nitrogen and oxygen atoms in total. The van der Waals surface area contributed by atoms with Crippen LogP contribution in [0.3, 0.4) is 0 Å². The van der Waals surface area contributed by atoms with E-state index in [4.69, 9.17) is 0 Å². The molecule has 0 heterocycles. The molecule has 3 aliphatic rings. The number of rotatable bonds is 2. The Morgan fingerprint density at radius 2 is 1.37 bits per heavy atom. The summed E-state index contributed by atoms with van der Waals surface area (Å²) in [7, 11) is 0. The average Bonchev–Trinajstić information content (AvgIpc) is 2.88. The SMILES string of the molecule is CC1=[C]C(=C(C2CCCCC2)C2CCCCC2)C=C1. The lowest BCUT2D eigenvalue weighted by Gasteiger charge is -2.33. The van der Waals surface area contributed by atoms with Crippen LogP contribution < -0.4 is 0 Å². The Labute approximate surface area is 118 Å². The number of hydrogen-bond donors (Lipinski definition) is 0. The summed E-state index contributed by atoms with van der Waals surface area (Å²) in [6.45, 7) is 2.18. The highest BCUT2D eigenvalue weighted by atomic mass is 14.3. The molecule has 2 saturated carbocycles. The van der Waals surface area contributed by atoms with E-state index in [0.29, 0.717) is 0 Å². The predicted molar refractivity (Wildman–Crippen MR) is 81.7 cm³/mol. The fourth-order valence-corrected chi connectivity index (χ4v) is 4.27. The van der Waals surface area contributed by atoms with Crippen LogP contribution >= 0.6 is 0 Å². The van der Waals surface area contributed by atoms with Gasteiger partial charge in [0.15, 0.2) is 0 Å². The zero-order valence-corrected chi connectivity index (χ0v) is 12.4. The molecule has 103 valence electrons. The molecule has 0 saturated heterocycles. The van der Waals surface area contributed by atoms with Crippen molar-refractivity contribution in [1.82, 2.24) is 0 Å². The fourth-order valence-electron chi connectivity index (χ4n) is 4.27. The van der Waals surface area contributed by atoms with Crippen LogP contribution in [0.1, 0.15) is 71.1 Å². The maximum atomic E-state index is 3.63. The van der Waals surface area contributed by atoms with Crippen molar-refractivity contribution in [1.29, 1.82) is 0 Å². The Kier molecular flexibility index (Phi) is 4.25. The van der Waals surface area contributed by atoms with Crippen LogP contribution in [0.2, 0.25) is 0 Å². The molecule has 2 fully saturated rings. The van der Waals surface area contributed by atoms with Crippen LogP contribution in [0.5, 0.6) is 0 Å². The van der Waals surface area contributed by atoms with E-state index in [2.05, 4.69) is 25.2 Å². The normalized spacial score (nSPS) is 25.7. The molecule has 0 aromatic rings. The first-order valence-corrected chi connectivity index (χ1v) is 8.37. The van der Waals surface area contributed by atoms with Crippen molar-refractivity contribution in [2.24, 2.45) is 11.8 Å². The first-order valence-electron chi connectivity index (χ1n) is 8.37. The van der Waals surface area contributed by atoms with Gasteiger partial charge in [-0.2, -0.15) is 0 Å². The third kappa shape index (κ3) is 3.04. The lowest BCUT2D eigenvalue weighted by Crippen LogP contribution is -2.20. The fraction of sp³-hybridized carbons (Fsp3) is 0.684. The second kappa shape index (κ2) is 6.11. The van der Waals surface area contributed by atoms with Gasteiger partial charge >= 0.3 is 0 Å². The Bertz CT molecular complexity index is 376. The standard InChI is InChI=1S/C19H27/c1-15-12-13-18(14-15)19(16-8-4-2-5-9-16)17-10-6-3-7-11-17/h12-13,16-17H,2-11H2,1H3. The van der Waals surface area contributed by atoms with Gasteiger partial charge in [-0.3, -0.25) is 0 Å². The summed E-state index contributed by atoms with van der Waals surface area (Å²) in [5.41, 5.74) is 4.59. The van der Waals surface area contributed by atoms with Crippen LogP contribution in [-0.2, 0) is 0 Å². The predicted octanol–water partition coefficient (Wildman–Crippen LogP) is 5.76. The molecule has 1 radical (unpaired) electrons. The Morgan fingerprint density at radius 1 is 0.842 bits per heavy atom. The third-order valence-electron chi connectivity index (χ3n) is 5.23. The number of allylic oxidation sites excluding steroid dienone is 6. The third-order valence-corrected chi connectivity index (χ3v) is 5.23. The van der Waals surface area contributed by atoms with Crippen molar-refractivity contribution >= 4 is 0 Å². The van der Waals surface area contributed by atoms with Gasteiger partial charge in [0.05, 0.1) is 0 Å². The monoisotopic (exact) mass is 255 g/mol. The highest BCUT2D eigenvalue weighted by Crippen LogP contribution is 2.42. The van der Waals surface area contributed by atoms with Crippen molar-refractivity contribution in [3.05, 3.63) is 34.9 Å². The minimum absolute atomic E-state index is 0.870. The van der Waals surface area contributed by atoms with Gasteiger partial charge in [-0.05, 0) is 61.7 Å². The summed E-state index contributed by atoms with van der Waals surface area (Å²) >= 11 is 0. The van der Waals surface area contributed by atoms with E-state index in [1.54, 1.807) is 5.57 Å². The van der Waals surface area contributed by atoms with Gasteiger partial charge in [0.25, 0.3) is 0 Å². The molecule has 0 aromatic carbocycles. The minimum Gasteiger partial charge on any atom is -0.0581 e. The van der Waals surface area contributed by atoms with Crippen LogP contribution in [-0.4, -0.2) is 0 Å². The zero-order chi connectivity index (χ0) is 13.1. The van der Waals surface area contributed by atoms with Crippen molar-refractivity contribution in [3.8, 4) is 0 Å². The lowest BCUT2D eigenvalue weighted by molar-refractivity contribution is 0.324. The van der Waals surface area contributed by atoms with E-state index < -0.39 is 0 Å². The van der Waals surface area contributed by atoms with Crippen molar-refractivity contribution in [2.75, 3.05) is 0 Å². The molecule has 0 unspecified atom stereocenters. The maximum Gasteiger partial charge on any atom is -0.00737 e. The Hall–Kier alpha value is -0.780. The molecule has 0 amide bonds. The first-order chi connectivity index (χ1) is 9.34. The molecule has 0 aromatic heterocycles. The van der Waals surface area contributed by atoms with Crippen molar-refractivity contribution < 1.29 is 0 Å². The topological polar surface area (TPSA) is 0 Å². The number of hydrogen-bond acceptors (Lipinski definition) is 0. The smallest absolute Gasteiger partial charge is 0.00737 e.